The first-order valence-corrected chi connectivity index (χ1v) is 12.3. The van der Waals surface area contributed by atoms with E-state index in [4.69, 9.17) is 14.2 Å². The van der Waals surface area contributed by atoms with Gasteiger partial charge in [-0.25, -0.2) is 0 Å². The van der Waals surface area contributed by atoms with Gasteiger partial charge in [0, 0.05) is 11.9 Å². The van der Waals surface area contributed by atoms with Crippen molar-refractivity contribution in [3.63, 3.8) is 0 Å². The van der Waals surface area contributed by atoms with E-state index in [2.05, 4.69) is 32.9 Å². The van der Waals surface area contributed by atoms with Crippen molar-refractivity contribution in [2.24, 2.45) is 4.99 Å². The van der Waals surface area contributed by atoms with Crippen LogP contribution >= 0.6 is 22.6 Å². The number of para-hydroxylation sites is 1. The second-order valence-electron chi connectivity index (χ2n) is 7.91. The van der Waals surface area contributed by atoms with Gasteiger partial charge in [-0.05, 0) is 101 Å². The molecule has 0 heterocycles. The van der Waals surface area contributed by atoms with Gasteiger partial charge in [0.15, 0.2) is 18.1 Å². The number of methoxy groups -OCH3 is 1. The van der Waals surface area contributed by atoms with Crippen LogP contribution in [0, 0.1) is 10.5 Å². The number of ether oxygens (including phenoxy) is 3. The molecule has 0 unspecified atom stereocenters. The van der Waals surface area contributed by atoms with Gasteiger partial charge in [0.25, 0.3) is 5.91 Å². The van der Waals surface area contributed by atoms with Crippen LogP contribution in [0.3, 0.4) is 0 Å². The van der Waals surface area contributed by atoms with Gasteiger partial charge in [-0.15, -0.1) is 0 Å². The van der Waals surface area contributed by atoms with Crippen LogP contribution in [-0.2, 0) is 4.79 Å². The number of rotatable bonds is 9. The zero-order valence-corrected chi connectivity index (χ0v) is 22.1. The largest absolute Gasteiger partial charge is 0.493 e. The molecule has 0 fully saturated rings. The zero-order valence-electron chi connectivity index (χ0n) is 19.9. The maximum Gasteiger partial charge on any atom is 0.262 e. The van der Waals surface area contributed by atoms with Gasteiger partial charge in [-0.3, -0.25) is 9.79 Å². The summed E-state index contributed by atoms with van der Waals surface area (Å²) in [5, 5.41) is 2.84. The number of benzene rings is 4. The zero-order chi connectivity index (χ0) is 25.3. The molecule has 0 radical (unpaired) electrons. The van der Waals surface area contributed by atoms with E-state index in [1.165, 1.54) is 0 Å². The minimum Gasteiger partial charge on any atom is -0.493 e. The van der Waals surface area contributed by atoms with E-state index in [9.17, 15) is 4.79 Å². The Hall–Kier alpha value is -3.85. The number of aliphatic imine (C=N–C) groups is 1. The normalized spacial score (nSPS) is 10.8. The van der Waals surface area contributed by atoms with E-state index < -0.39 is 0 Å². The molecule has 4 aromatic rings. The molecule has 7 heteroatoms. The lowest BCUT2D eigenvalue weighted by molar-refractivity contribution is -0.118. The van der Waals surface area contributed by atoms with Gasteiger partial charge in [0.2, 0.25) is 0 Å². The second-order valence-corrected chi connectivity index (χ2v) is 9.07. The van der Waals surface area contributed by atoms with E-state index in [0.717, 1.165) is 37.6 Å². The minimum absolute atomic E-state index is 0.134. The first kappa shape index (κ1) is 25.2. The molecule has 4 aromatic carbocycles. The molecule has 1 amide bonds. The van der Waals surface area contributed by atoms with Gasteiger partial charge < -0.3 is 19.5 Å². The molecule has 0 bridgehead atoms. The lowest BCUT2D eigenvalue weighted by Crippen LogP contribution is -2.20. The fraction of sp³-hybridized carbons (Fsp3) is 0.103. The Balaban J connectivity index is 1.39. The number of nitrogens with zero attached hydrogens (tertiary/aromatic N) is 1. The van der Waals surface area contributed by atoms with Crippen molar-refractivity contribution >= 4 is 46.1 Å². The fourth-order valence-electron chi connectivity index (χ4n) is 3.39. The number of hydrogen-bond donors (Lipinski definition) is 1. The van der Waals surface area contributed by atoms with Crippen molar-refractivity contribution in [1.82, 2.24) is 0 Å². The van der Waals surface area contributed by atoms with Gasteiger partial charge in [-0.2, -0.15) is 0 Å². The Morgan fingerprint density at radius 3 is 2.42 bits per heavy atom. The molecular weight excluding hydrogens is 567 g/mol. The van der Waals surface area contributed by atoms with Gasteiger partial charge in [-0.1, -0.05) is 30.3 Å². The third-order valence-electron chi connectivity index (χ3n) is 5.08. The Morgan fingerprint density at radius 2 is 1.69 bits per heavy atom. The number of nitrogens with one attached hydrogen (secondary N) is 1. The molecule has 182 valence electrons. The van der Waals surface area contributed by atoms with Crippen LogP contribution in [0.4, 0.5) is 11.4 Å². The van der Waals surface area contributed by atoms with Crippen molar-refractivity contribution in [2.75, 3.05) is 19.0 Å². The maximum atomic E-state index is 12.4. The highest BCUT2D eigenvalue weighted by molar-refractivity contribution is 14.1. The summed E-state index contributed by atoms with van der Waals surface area (Å²) in [6, 6.07) is 28.5. The van der Waals surface area contributed by atoms with E-state index in [-0.39, 0.29) is 12.5 Å². The van der Waals surface area contributed by atoms with Crippen molar-refractivity contribution in [3.8, 4) is 23.0 Å². The SMILES string of the molecule is COc1cc(C=Nc2ccc(Oc3ccccc3)cc2)cc(I)c1OCC(=O)Nc1cccc(C)c1. The highest BCUT2D eigenvalue weighted by Crippen LogP contribution is 2.34. The van der Waals surface area contributed by atoms with Gasteiger partial charge in [0.1, 0.15) is 11.5 Å². The molecule has 0 aliphatic carbocycles. The van der Waals surface area contributed by atoms with Crippen LogP contribution in [0.2, 0.25) is 0 Å². The first-order valence-electron chi connectivity index (χ1n) is 11.2. The summed E-state index contributed by atoms with van der Waals surface area (Å²) in [6.07, 6.45) is 1.76. The molecular formula is C29H25IN2O4. The van der Waals surface area contributed by atoms with Crippen LogP contribution in [-0.4, -0.2) is 25.8 Å². The number of aryl methyl sites for hydroxylation is 1. The Morgan fingerprint density at radius 1 is 0.944 bits per heavy atom. The predicted octanol–water partition coefficient (Wildman–Crippen LogP) is 7.17. The number of halogens is 1. The number of carbonyl (C=O) groups is 1. The van der Waals surface area contributed by atoms with E-state index in [1.54, 1.807) is 13.3 Å². The monoisotopic (exact) mass is 592 g/mol. The highest BCUT2D eigenvalue weighted by atomic mass is 127. The smallest absolute Gasteiger partial charge is 0.262 e. The van der Waals surface area contributed by atoms with Crippen LogP contribution in [0.1, 0.15) is 11.1 Å². The Kier molecular flexibility index (Phi) is 8.57. The van der Waals surface area contributed by atoms with Gasteiger partial charge >= 0.3 is 0 Å². The van der Waals surface area contributed by atoms with Crippen molar-refractivity contribution in [1.29, 1.82) is 0 Å². The third kappa shape index (κ3) is 7.08. The van der Waals surface area contributed by atoms with E-state index in [0.29, 0.717) is 11.5 Å². The molecule has 0 saturated heterocycles. The van der Waals surface area contributed by atoms with Gasteiger partial charge in [0.05, 0.1) is 16.4 Å². The third-order valence-corrected chi connectivity index (χ3v) is 5.88. The highest BCUT2D eigenvalue weighted by Gasteiger charge is 2.13. The van der Waals surface area contributed by atoms with E-state index >= 15 is 0 Å². The number of amides is 1. The van der Waals surface area contributed by atoms with Crippen LogP contribution in [0.5, 0.6) is 23.0 Å². The number of carbonyl (C=O) groups excluding carboxylic acids is 1. The lowest BCUT2D eigenvalue weighted by Gasteiger charge is -2.13. The quantitative estimate of drug-likeness (QED) is 0.165. The van der Waals surface area contributed by atoms with Crippen LogP contribution in [0.15, 0.2) is 96.0 Å². The first-order chi connectivity index (χ1) is 17.5. The van der Waals surface area contributed by atoms with Crippen molar-refractivity contribution < 1.29 is 19.0 Å². The summed E-state index contributed by atoms with van der Waals surface area (Å²) in [6.45, 7) is 1.84. The fourth-order valence-corrected chi connectivity index (χ4v) is 4.17. The summed E-state index contributed by atoms with van der Waals surface area (Å²) in [7, 11) is 1.57. The minimum atomic E-state index is -0.246. The molecule has 1 N–H and O–H groups in total. The average Bonchev–Trinajstić information content (AvgIpc) is 2.88. The summed E-state index contributed by atoms with van der Waals surface area (Å²) >= 11 is 2.16. The Bertz CT molecular complexity index is 1360. The molecule has 0 aromatic heterocycles. The standard InChI is InChI=1S/C29H25IN2O4/c1-20-7-6-8-23(15-20)32-28(33)19-35-29-26(30)16-21(17-27(29)34-2)18-31-22-11-13-25(14-12-22)36-24-9-4-3-5-10-24/h3-18H,19H2,1-2H3,(H,32,33). The number of anilines is 1. The molecule has 0 saturated carbocycles. The summed E-state index contributed by atoms with van der Waals surface area (Å²) in [5.41, 5.74) is 3.44. The molecule has 4 rings (SSSR count). The molecule has 0 atom stereocenters. The second kappa shape index (κ2) is 12.2. The summed E-state index contributed by atoms with van der Waals surface area (Å²) in [4.78, 5) is 16.9. The average molecular weight is 592 g/mol. The molecule has 0 aliphatic heterocycles. The van der Waals surface area contributed by atoms with Crippen LogP contribution in [0.25, 0.3) is 0 Å². The van der Waals surface area contributed by atoms with Crippen molar-refractivity contribution in [2.45, 2.75) is 6.92 Å². The lowest BCUT2D eigenvalue weighted by atomic mass is 10.2. The number of hydrogen-bond acceptors (Lipinski definition) is 5. The Labute approximate surface area is 224 Å². The summed E-state index contributed by atoms with van der Waals surface area (Å²) in [5.74, 6) is 2.31. The van der Waals surface area contributed by atoms with Crippen LogP contribution < -0.4 is 19.5 Å². The summed E-state index contributed by atoms with van der Waals surface area (Å²) < 4.78 is 17.9. The predicted molar refractivity (Wildman–Crippen MR) is 151 cm³/mol. The van der Waals surface area contributed by atoms with Crippen molar-refractivity contribution in [3.05, 3.63) is 106 Å². The topological polar surface area (TPSA) is 69.1 Å². The molecule has 0 spiro atoms. The maximum absolute atomic E-state index is 12.4. The molecule has 36 heavy (non-hydrogen) atoms. The molecule has 6 nitrogen and oxygen atoms in total. The van der Waals surface area contributed by atoms with E-state index in [1.807, 2.05) is 97.9 Å². The molecule has 0 aliphatic rings.